The molecule has 1 aromatic carbocycles. The molecule has 0 aromatic heterocycles. The molecular weight excluding hydrogens is 301 g/mol. The number of rotatable bonds is 6. The van der Waals surface area contributed by atoms with Gasteiger partial charge in [-0.05, 0) is 39.0 Å². The molecule has 1 rings (SSSR count). The van der Waals surface area contributed by atoms with Gasteiger partial charge in [-0.3, -0.25) is 4.79 Å². The Kier molecular flexibility index (Phi) is 6.59. The van der Waals surface area contributed by atoms with Gasteiger partial charge < -0.3 is 14.8 Å². The van der Waals surface area contributed by atoms with Gasteiger partial charge in [0, 0.05) is 11.6 Å². The van der Waals surface area contributed by atoms with Crippen LogP contribution in [0.3, 0.4) is 0 Å². The molecule has 6 heteroatoms. The first-order valence-electron chi connectivity index (χ1n) is 6.28. The van der Waals surface area contributed by atoms with Crippen molar-refractivity contribution in [1.29, 1.82) is 0 Å². The van der Waals surface area contributed by atoms with Gasteiger partial charge in [-0.15, -0.1) is 0 Å². The van der Waals surface area contributed by atoms with Gasteiger partial charge in [-0.1, -0.05) is 23.2 Å². The standard InChI is InChI=1S/C14H19Cl2NO3/c1-14(2,3)20-13(18)9-17-6-7-19-12-5-4-10(15)8-11(12)16/h4-5,8,17H,6-7,9H2,1-3H3. The monoisotopic (exact) mass is 319 g/mol. The minimum absolute atomic E-state index is 0.148. The second-order valence-corrected chi connectivity index (χ2v) is 6.03. The van der Waals surface area contributed by atoms with E-state index in [0.29, 0.717) is 28.9 Å². The van der Waals surface area contributed by atoms with Crippen molar-refractivity contribution in [3.63, 3.8) is 0 Å². The Hall–Kier alpha value is -0.970. The van der Waals surface area contributed by atoms with Crippen LogP contribution in [0.1, 0.15) is 20.8 Å². The lowest BCUT2D eigenvalue weighted by Crippen LogP contribution is -2.33. The van der Waals surface area contributed by atoms with E-state index in [-0.39, 0.29) is 12.5 Å². The Bertz CT molecular complexity index is 458. The van der Waals surface area contributed by atoms with Crippen molar-refractivity contribution in [3.05, 3.63) is 28.2 Å². The molecule has 1 aromatic rings. The second kappa shape index (κ2) is 7.72. The Balaban J connectivity index is 2.21. The predicted octanol–water partition coefficient (Wildman–Crippen LogP) is 3.30. The van der Waals surface area contributed by atoms with Gasteiger partial charge in [0.25, 0.3) is 0 Å². The minimum atomic E-state index is -0.466. The fraction of sp³-hybridized carbons (Fsp3) is 0.500. The summed E-state index contributed by atoms with van der Waals surface area (Å²) in [4.78, 5) is 11.4. The maximum atomic E-state index is 11.4. The van der Waals surface area contributed by atoms with Gasteiger partial charge >= 0.3 is 5.97 Å². The maximum Gasteiger partial charge on any atom is 0.320 e. The number of esters is 1. The summed E-state index contributed by atoms with van der Waals surface area (Å²) in [6.07, 6.45) is 0. The van der Waals surface area contributed by atoms with E-state index >= 15 is 0 Å². The smallest absolute Gasteiger partial charge is 0.320 e. The third kappa shape index (κ3) is 6.98. The molecule has 0 saturated heterocycles. The van der Waals surface area contributed by atoms with E-state index in [1.165, 1.54) is 0 Å². The van der Waals surface area contributed by atoms with Gasteiger partial charge in [0.1, 0.15) is 18.0 Å². The zero-order valence-electron chi connectivity index (χ0n) is 11.8. The van der Waals surface area contributed by atoms with E-state index in [1.54, 1.807) is 18.2 Å². The highest BCUT2D eigenvalue weighted by atomic mass is 35.5. The summed E-state index contributed by atoms with van der Waals surface area (Å²) in [5, 5.41) is 3.96. The molecule has 0 atom stereocenters. The molecule has 0 heterocycles. The van der Waals surface area contributed by atoms with Crippen molar-refractivity contribution in [1.82, 2.24) is 5.32 Å². The summed E-state index contributed by atoms with van der Waals surface area (Å²) in [5.74, 6) is 0.275. The first kappa shape index (κ1) is 17.1. The summed E-state index contributed by atoms with van der Waals surface area (Å²) in [6, 6.07) is 5.03. The Morgan fingerprint density at radius 1 is 1.30 bits per heavy atom. The Morgan fingerprint density at radius 3 is 2.60 bits per heavy atom. The number of carbonyl (C=O) groups is 1. The number of ether oxygens (including phenoxy) is 2. The number of hydrogen-bond donors (Lipinski definition) is 1. The Morgan fingerprint density at radius 2 is 2.00 bits per heavy atom. The Labute approximate surface area is 129 Å². The highest BCUT2D eigenvalue weighted by Gasteiger charge is 2.15. The van der Waals surface area contributed by atoms with E-state index in [2.05, 4.69) is 5.32 Å². The molecule has 0 aliphatic rings. The third-order valence-corrected chi connectivity index (χ3v) is 2.65. The lowest BCUT2D eigenvalue weighted by atomic mass is 10.2. The van der Waals surface area contributed by atoms with Crippen LogP contribution < -0.4 is 10.1 Å². The molecule has 0 fully saturated rings. The molecule has 0 saturated carbocycles. The van der Waals surface area contributed by atoms with E-state index in [1.807, 2.05) is 20.8 Å². The van der Waals surface area contributed by atoms with Crippen LogP contribution >= 0.6 is 23.2 Å². The molecule has 0 unspecified atom stereocenters. The number of carbonyl (C=O) groups excluding carboxylic acids is 1. The largest absolute Gasteiger partial charge is 0.491 e. The van der Waals surface area contributed by atoms with E-state index in [9.17, 15) is 4.79 Å². The van der Waals surface area contributed by atoms with Crippen LogP contribution in [-0.4, -0.2) is 31.3 Å². The number of nitrogens with one attached hydrogen (secondary N) is 1. The summed E-state index contributed by atoms with van der Waals surface area (Å²) < 4.78 is 10.6. The van der Waals surface area contributed by atoms with Crippen LogP contribution in [-0.2, 0) is 9.53 Å². The quantitative estimate of drug-likeness (QED) is 0.645. The molecule has 112 valence electrons. The topological polar surface area (TPSA) is 47.6 Å². The molecule has 0 amide bonds. The molecule has 0 radical (unpaired) electrons. The summed E-state index contributed by atoms with van der Waals surface area (Å²) in [5.41, 5.74) is -0.466. The van der Waals surface area contributed by atoms with Crippen LogP contribution in [0, 0.1) is 0 Å². The average Bonchev–Trinajstić information content (AvgIpc) is 2.28. The fourth-order valence-electron chi connectivity index (χ4n) is 1.39. The van der Waals surface area contributed by atoms with Gasteiger partial charge in [0.05, 0.1) is 11.6 Å². The number of halogens is 2. The molecule has 0 spiro atoms. The van der Waals surface area contributed by atoms with Crippen LogP contribution in [0.5, 0.6) is 5.75 Å². The maximum absolute atomic E-state index is 11.4. The highest BCUT2D eigenvalue weighted by Crippen LogP contribution is 2.27. The lowest BCUT2D eigenvalue weighted by Gasteiger charge is -2.19. The fourth-order valence-corrected chi connectivity index (χ4v) is 1.86. The van der Waals surface area contributed by atoms with Crippen LogP contribution in [0.4, 0.5) is 0 Å². The lowest BCUT2D eigenvalue weighted by molar-refractivity contribution is -0.153. The van der Waals surface area contributed by atoms with E-state index < -0.39 is 5.60 Å². The summed E-state index contributed by atoms with van der Waals surface area (Å²) in [7, 11) is 0. The van der Waals surface area contributed by atoms with Crippen LogP contribution in [0.2, 0.25) is 10.0 Å². The van der Waals surface area contributed by atoms with Crippen molar-refractivity contribution in [2.24, 2.45) is 0 Å². The minimum Gasteiger partial charge on any atom is -0.491 e. The molecule has 1 N–H and O–H groups in total. The van der Waals surface area contributed by atoms with Crippen LogP contribution in [0.25, 0.3) is 0 Å². The molecule has 0 aliphatic carbocycles. The van der Waals surface area contributed by atoms with Crippen LogP contribution in [0.15, 0.2) is 18.2 Å². The number of benzene rings is 1. The normalized spacial score (nSPS) is 11.2. The zero-order valence-corrected chi connectivity index (χ0v) is 13.3. The second-order valence-electron chi connectivity index (χ2n) is 5.19. The first-order chi connectivity index (χ1) is 9.28. The molecule has 4 nitrogen and oxygen atoms in total. The van der Waals surface area contributed by atoms with Gasteiger partial charge in [-0.25, -0.2) is 0 Å². The van der Waals surface area contributed by atoms with Gasteiger partial charge in [-0.2, -0.15) is 0 Å². The zero-order chi connectivity index (χ0) is 15.2. The van der Waals surface area contributed by atoms with Crippen molar-refractivity contribution >= 4 is 29.2 Å². The van der Waals surface area contributed by atoms with Crippen molar-refractivity contribution < 1.29 is 14.3 Å². The molecular formula is C14H19Cl2NO3. The predicted molar refractivity (Wildman–Crippen MR) is 80.7 cm³/mol. The number of hydrogen-bond acceptors (Lipinski definition) is 4. The summed E-state index contributed by atoms with van der Waals surface area (Å²) >= 11 is 11.7. The van der Waals surface area contributed by atoms with Crippen molar-refractivity contribution in [2.75, 3.05) is 19.7 Å². The average molecular weight is 320 g/mol. The molecule has 0 bridgehead atoms. The first-order valence-corrected chi connectivity index (χ1v) is 7.04. The van der Waals surface area contributed by atoms with E-state index in [0.717, 1.165) is 0 Å². The van der Waals surface area contributed by atoms with Crippen molar-refractivity contribution in [2.45, 2.75) is 26.4 Å². The molecule has 0 aliphatic heterocycles. The van der Waals surface area contributed by atoms with Gasteiger partial charge in [0.2, 0.25) is 0 Å². The summed E-state index contributed by atoms with van der Waals surface area (Å²) in [6.45, 7) is 6.54. The molecule has 20 heavy (non-hydrogen) atoms. The SMILES string of the molecule is CC(C)(C)OC(=O)CNCCOc1ccc(Cl)cc1Cl. The van der Waals surface area contributed by atoms with Gasteiger partial charge in [0.15, 0.2) is 0 Å². The highest BCUT2D eigenvalue weighted by molar-refractivity contribution is 6.35. The van der Waals surface area contributed by atoms with E-state index in [4.69, 9.17) is 32.7 Å². The van der Waals surface area contributed by atoms with Crippen molar-refractivity contribution in [3.8, 4) is 5.75 Å². The third-order valence-electron chi connectivity index (χ3n) is 2.12.